The van der Waals surface area contributed by atoms with Crippen molar-refractivity contribution >= 4 is 46.7 Å². The van der Waals surface area contributed by atoms with Gasteiger partial charge in [0.1, 0.15) is 18.8 Å². The second-order valence-corrected chi connectivity index (χ2v) is 7.71. The second-order valence-electron chi connectivity index (χ2n) is 7.27. The fourth-order valence-corrected chi connectivity index (χ4v) is 3.92. The van der Waals surface area contributed by atoms with Crippen LogP contribution in [0.4, 0.5) is 10.5 Å². The minimum atomic E-state index is -0.623. The van der Waals surface area contributed by atoms with Crippen LogP contribution in [0.3, 0.4) is 0 Å². The zero-order chi connectivity index (χ0) is 21.6. The fraction of sp³-hybridized carbons (Fsp3) is 0.421. The van der Waals surface area contributed by atoms with E-state index in [0.29, 0.717) is 42.2 Å². The monoisotopic (exact) mass is 432 g/mol. The van der Waals surface area contributed by atoms with Gasteiger partial charge >= 0.3 is 12.0 Å². The zero-order valence-electron chi connectivity index (χ0n) is 17.2. The van der Waals surface area contributed by atoms with Crippen LogP contribution < -0.4 is 10.1 Å². The standard InChI is InChI=1S/C19H23ClN7O3/c1-11-10-26-15-16(24(2)19(29)25(3)17(15)28)22-18(26)27(23-11)8-7-21-13-9-12(20)5-6-14(13)30-4/h5-6,9,15,21H,7-8,10H2,1-4H3/q+1. The van der Waals surface area contributed by atoms with Crippen molar-refractivity contribution in [2.75, 3.05) is 46.2 Å². The molecule has 4 rings (SSSR count). The van der Waals surface area contributed by atoms with Crippen molar-refractivity contribution < 1.29 is 18.9 Å². The number of nitrogens with zero attached hydrogens (tertiary/aromatic N) is 6. The molecule has 158 valence electrons. The molecule has 0 aromatic heterocycles. The number of urea groups is 1. The van der Waals surface area contributed by atoms with Gasteiger partial charge in [-0.1, -0.05) is 16.6 Å². The van der Waals surface area contributed by atoms with Crippen LogP contribution in [0.2, 0.25) is 5.02 Å². The molecule has 3 amide bonds. The number of hydrogen-bond donors (Lipinski definition) is 1. The summed E-state index contributed by atoms with van der Waals surface area (Å²) >= 11 is 6.09. The van der Waals surface area contributed by atoms with Gasteiger partial charge in [0.15, 0.2) is 0 Å². The van der Waals surface area contributed by atoms with E-state index in [-0.39, 0.29) is 5.91 Å². The van der Waals surface area contributed by atoms with E-state index in [2.05, 4.69) is 15.4 Å². The number of rotatable bonds is 5. The van der Waals surface area contributed by atoms with E-state index < -0.39 is 12.1 Å². The average Bonchev–Trinajstić information content (AvgIpc) is 3.10. The molecule has 3 aliphatic heterocycles. The first kappa shape index (κ1) is 20.1. The molecule has 1 aromatic rings. The normalized spacial score (nSPS) is 20.8. The third-order valence-corrected chi connectivity index (χ3v) is 5.47. The molecule has 0 saturated carbocycles. The number of halogens is 1. The lowest BCUT2D eigenvalue weighted by molar-refractivity contribution is -0.527. The molecule has 11 heteroatoms. The van der Waals surface area contributed by atoms with Gasteiger partial charge in [0, 0.05) is 25.7 Å². The van der Waals surface area contributed by atoms with E-state index in [9.17, 15) is 9.59 Å². The van der Waals surface area contributed by atoms with Crippen molar-refractivity contribution in [1.82, 2.24) is 14.8 Å². The number of likely N-dealkylation sites (N-methyl/N-ethyl adjacent to an activating group) is 2. The van der Waals surface area contributed by atoms with E-state index in [4.69, 9.17) is 16.3 Å². The molecular weight excluding hydrogens is 410 g/mol. The lowest BCUT2D eigenvalue weighted by Crippen LogP contribution is -2.62. The molecule has 1 fully saturated rings. The number of anilines is 1. The molecule has 0 aliphatic carbocycles. The van der Waals surface area contributed by atoms with Gasteiger partial charge in [-0.2, -0.15) is 0 Å². The highest BCUT2D eigenvalue weighted by Gasteiger charge is 2.53. The first-order valence-corrected chi connectivity index (χ1v) is 9.86. The van der Waals surface area contributed by atoms with Crippen molar-refractivity contribution in [2.45, 2.75) is 13.0 Å². The largest absolute Gasteiger partial charge is 0.495 e. The number of hydrazone groups is 1. The van der Waals surface area contributed by atoms with E-state index >= 15 is 0 Å². The maximum absolute atomic E-state index is 12.8. The maximum atomic E-state index is 12.8. The number of carbonyl (C=O) groups excluding carboxylic acids is 2. The number of amidine groups is 1. The van der Waals surface area contributed by atoms with Crippen molar-refractivity contribution in [2.24, 2.45) is 10.1 Å². The zero-order valence-corrected chi connectivity index (χ0v) is 18.0. The summed E-state index contributed by atoms with van der Waals surface area (Å²) in [6.07, 6.45) is 0. The van der Waals surface area contributed by atoms with Gasteiger partial charge in [0.05, 0.1) is 18.5 Å². The van der Waals surface area contributed by atoms with Gasteiger partial charge in [-0.25, -0.2) is 9.37 Å². The number of amides is 3. The predicted octanol–water partition coefficient (Wildman–Crippen LogP) is 1.12. The Balaban J connectivity index is 1.55. The number of benzene rings is 1. The Kier molecular flexibility index (Phi) is 5.10. The van der Waals surface area contributed by atoms with Crippen molar-refractivity contribution in [3.05, 3.63) is 23.2 Å². The lowest BCUT2D eigenvalue weighted by Gasteiger charge is -2.32. The molecule has 1 aromatic carbocycles. The van der Waals surface area contributed by atoms with E-state index in [1.807, 2.05) is 11.5 Å². The highest BCUT2D eigenvalue weighted by atomic mass is 35.5. The van der Waals surface area contributed by atoms with Crippen molar-refractivity contribution in [3.63, 3.8) is 0 Å². The minimum Gasteiger partial charge on any atom is -0.495 e. The van der Waals surface area contributed by atoms with Gasteiger partial charge in [-0.15, -0.1) is 10.1 Å². The molecule has 3 heterocycles. The molecule has 0 bridgehead atoms. The number of ether oxygens (including phenoxy) is 1. The van der Waals surface area contributed by atoms with Crippen LogP contribution in [0.5, 0.6) is 5.75 Å². The maximum Gasteiger partial charge on any atom is 0.416 e. The van der Waals surface area contributed by atoms with Crippen molar-refractivity contribution in [3.8, 4) is 5.75 Å². The molecule has 1 atom stereocenters. The molecule has 0 radical (unpaired) electrons. The first-order valence-electron chi connectivity index (χ1n) is 9.48. The third-order valence-electron chi connectivity index (χ3n) is 5.23. The Hall–Kier alpha value is -3.14. The van der Waals surface area contributed by atoms with Crippen LogP contribution in [-0.2, 0) is 4.79 Å². The van der Waals surface area contributed by atoms with Gasteiger partial charge in [-0.05, 0) is 25.1 Å². The Morgan fingerprint density at radius 3 is 2.80 bits per heavy atom. The van der Waals surface area contributed by atoms with Gasteiger partial charge < -0.3 is 10.1 Å². The molecule has 10 nitrogen and oxygen atoms in total. The summed E-state index contributed by atoms with van der Waals surface area (Å²) in [6, 6.07) is 4.34. The third kappa shape index (κ3) is 3.26. The van der Waals surface area contributed by atoms with Crippen molar-refractivity contribution in [1.29, 1.82) is 0 Å². The summed E-state index contributed by atoms with van der Waals surface area (Å²) in [5, 5.41) is 10.3. The van der Waals surface area contributed by atoms with Crippen LogP contribution in [0.1, 0.15) is 6.92 Å². The summed E-state index contributed by atoms with van der Waals surface area (Å²) in [4.78, 5) is 32.2. The molecule has 3 aliphatic rings. The predicted molar refractivity (Wildman–Crippen MR) is 114 cm³/mol. The number of hydrogen-bond acceptors (Lipinski definition) is 7. The summed E-state index contributed by atoms with van der Waals surface area (Å²) < 4.78 is 7.25. The Labute approximate surface area is 179 Å². The van der Waals surface area contributed by atoms with Crippen LogP contribution in [0.15, 0.2) is 28.3 Å². The quantitative estimate of drug-likeness (QED) is 0.704. The fourth-order valence-electron chi connectivity index (χ4n) is 3.75. The van der Waals surface area contributed by atoms with E-state index in [1.165, 1.54) is 11.9 Å². The number of aliphatic imine (C=N–C) groups is 1. The number of methoxy groups -OCH3 is 1. The van der Waals surface area contributed by atoms with Gasteiger partial charge in [-0.3, -0.25) is 14.6 Å². The Bertz CT molecular complexity index is 1020. The summed E-state index contributed by atoms with van der Waals surface area (Å²) in [6.45, 7) is 3.40. The van der Waals surface area contributed by atoms with Crippen LogP contribution >= 0.6 is 11.6 Å². The van der Waals surface area contributed by atoms with E-state index in [0.717, 1.165) is 16.3 Å². The number of fused-ring (bicyclic) bond motifs is 2. The average molecular weight is 433 g/mol. The number of guanidine groups is 1. The van der Waals surface area contributed by atoms with Crippen LogP contribution in [0, 0.1) is 0 Å². The topological polar surface area (TPSA) is 92.8 Å². The Morgan fingerprint density at radius 1 is 1.30 bits per heavy atom. The first-order chi connectivity index (χ1) is 14.3. The molecular formula is C19H23ClN7O3+. The molecule has 30 heavy (non-hydrogen) atoms. The number of carbonyl (C=O) groups is 2. The van der Waals surface area contributed by atoms with E-state index in [1.54, 1.807) is 37.4 Å². The van der Waals surface area contributed by atoms with Gasteiger partial charge in [0.25, 0.3) is 5.91 Å². The van der Waals surface area contributed by atoms with Gasteiger partial charge in [0.2, 0.25) is 11.9 Å². The SMILES string of the molecule is COc1ccc(Cl)cc1NCCN1N=C(C)C[N+]2=C1N=C1C2C(=O)N(C)C(=O)N1C. The molecule has 0 spiro atoms. The second kappa shape index (κ2) is 7.60. The summed E-state index contributed by atoms with van der Waals surface area (Å²) in [5.41, 5.74) is 1.63. The number of nitrogens with one attached hydrogen (secondary N) is 1. The minimum absolute atomic E-state index is 0.289. The number of imide groups is 1. The highest BCUT2D eigenvalue weighted by molar-refractivity contribution is 6.31. The Morgan fingerprint density at radius 2 is 2.07 bits per heavy atom. The molecule has 1 unspecified atom stereocenters. The smallest absolute Gasteiger partial charge is 0.416 e. The summed E-state index contributed by atoms with van der Waals surface area (Å²) in [7, 11) is 4.71. The summed E-state index contributed by atoms with van der Waals surface area (Å²) in [5.74, 6) is 1.39. The molecule has 1 N–H and O–H groups in total. The van der Waals surface area contributed by atoms with Crippen LogP contribution in [0.25, 0.3) is 0 Å². The highest BCUT2D eigenvalue weighted by Crippen LogP contribution is 2.27. The molecule has 1 saturated heterocycles. The van der Waals surface area contributed by atoms with Crippen LogP contribution in [-0.4, -0.2) is 95.7 Å². The lowest BCUT2D eigenvalue weighted by atomic mass is 10.1.